The van der Waals surface area contributed by atoms with E-state index in [9.17, 15) is 4.79 Å². The van der Waals surface area contributed by atoms with E-state index in [1.165, 1.54) is 11.6 Å². The third-order valence-corrected chi connectivity index (χ3v) is 4.25. The van der Waals surface area contributed by atoms with Gasteiger partial charge in [0.05, 0.1) is 18.1 Å². The van der Waals surface area contributed by atoms with Crippen molar-refractivity contribution in [2.75, 3.05) is 25.0 Å². The monoisotopic (exact) mass is 338 g/mol. The Balaban J connectivity index is 1.45. The normalized spacial score (nSPS) is 17.8. The number of nitrogens with one attached hydrogen (secondary N) is 1. The fourth-order valence-corrected chi connectivity index (χ4v) is 2.95. The second-order valence-electron chi connectivity index (χ2n) is 6.16. The van der Waals surface area contributed by atoms with Crippen LogP contribution in [0.15, 0.2) is 48.8 Å². The highest BCUT2D eigenvalue weighted by molar-refractivity contribution is 5.84. The summed E-state index contributed by atoms with van der Waals surface area (Å²) in [5.41, 5.74) is 1.90. The van der Waals surface area contributed by atoms with Gasteiger partial charge in [-0.05, 0) is 24.5 Å². The highest BCUT2D eigenvalue weighted by Gasteiger charge is 2.22. The predicted octanol–water partition coefficient (Wildman–Crippen LogP) is 2.30. The van der Waals surface area contributed by atoms with Gasteiger partial charge in [-0.15, -0.1) is 0 Å². The van der Waals surface area contributed by atoms with E-state index >= 15 is 0 Å². The molecule has 6 nitrogen and oxygen atoms in total. The van der Waals surface area contributed by atoms with Gasteiger partial charge in [-0.3, -0.25) is 4.98 Å². The number of carboxylic acids is 1. The summed E-state index contributed by atoms with van der Waals surface area (Å²) in [6, 6.07) is 10.9. The predicted molar refractivity (Wildman–Crippen MR) is 97.3 cm³/mol. The molecule has 1 aromatic heterocycles. The summed E-state index contributed by atoms with van der Waals surface area (Å²) >= 11 is 0. The Morgan fingerprint density at radius 2 is 2.12 bits per heavy atom. The highest BCUT2D eigenvalue weighted by atomic mass is 16.4. The highest BCUT2D eigenvalue weighted by Crippen LogP contribution is 2.15. The molecule has 0 amide bonds. The summed E-state index contributed by atoms with van der Waals surface area (Å²) in [7, 11) is 0. The van der Waals surface area contributed by atoms with Crippen LogP contribution in [0.1, 0.15) is 17.7 Å². The van der Waals surface area contributed by atoms with Crippen LogP contribution in [0.4, 0.5) is 5.82 Å². The minimum atomic E-state index is -0.995. The van der Waals surface area contributed by atoms with E-state index in [2.05, 4.69) is 44.5 Å². The van der Waals surface area contributed by atoms with Crippen LogP contribution in [0, 0.1) is 0 Å². The van der Waals surface area contributed by atoms with E-state index < -0.39 is 5.97 Å². The molecule has 3 rings (SSSR count). The Hall–Kier alpha value is -2.73. The number of aromatic nitrogens is 2. The first-order chi connectivity index (χ1) is 12.2. The third kappa shape index (κ3) is 5.39. The van der Waals surface area contributed by atoms with Crippen molar-refractivity contribution in [1.82, 2.24) is 14.9 Å². The van der Waals surface area contributed by atoms with Gasteiger partial charge < -0.3 is 15.3 Å². The molecule has 6 heteroatoms. The van der Waals surface area contributed by atoms with Crippen molar-refractivity contribution in [3.05, 3.63) is 60.1 Å². The van der Waals surface area contributed by atoms with Crippen LogP contribution >= 0.6 is 0 Å². The Labute approximate surface area is 147 Å². The maximum Gasteiger partial charge on any atom is 0.328 e. The van der Waals surface area contributed by atoms with Crippen molar-refractivity contribution in [2.45, 2.75) is 18.9 Å². The van der Waals surface area contributed by atoms with E-state index in [1.807, 2.05) is 6.07 Å². The second-order valence-corrected chi connectivity index (χ2v) is 6.16. The van der Waals surface area contributed by atoms with Crippen molar-refractivity contribution < 1.29 is 9.90 Å². The number of carbonyl (C=O) groups is 1. The molecule has 0 bridgehead atoms. The average Bonchev–Trinajstić information content (AvgIpc) is 3.08. The molecular formula is C19H22N4O2. The number of hydrogen-bond acceptors (Lipinski definition) is 5. The Bertz CT molecular complexity index is 716. The SMILES string of the molecule is O=C(O)/C=C/c1cnc(N[C@@H]2CCN(CCc3ccccc3)C2)cn1. The summed E-state index contributed by atoms with van der Waals surface area (Å²) in [6.07, 6.45) is 7.85. The number of nitrogens with zero attached hydrogens (tertiary/aromatic N) is 3. The number of rotatable bonds is 7. The molecular weight excluding hydrogens is 316 g/mol. The molecule has 25 heavy (non-hydrogen) atoms. The van der Waals surface area contributed by atoms with Crippen LogP contribution < -0.4 is 5.32 Å². The standard InChI is InChI=1S/C19H22N4O2/c24-19(25)7-6-16-12-21-18(13-20-16)22-17-9-11-23(14-17)10-8-15-4-2-1-3-5-15/h1-7,12-13,17H,8-11,14H2,(H,21,22)(H,24,25)/b7-6+/t17-/m1/s1. The zero-order valence-corrected chi connectivity index (χ0v) is 14.0. The topological polar surface area (TPSA) is 78.3 Å². The number of carboxylic acid groups (broad SMARTS) is 1. The lowest BCUT2D eigenvalue weighted by molar-refractivity contribution is -0.131. The fourth-order valence-electron chi connectivity index (χ4n) is 2.95. The molecule has 2 N–H and O–H groups in total. The molecule has 130 valence electrons. The van der Waals surface area contributed by atoms with Gasteiger partial charge in [0, 0.05) is 31.8 Å². The van der Waals surface area contributed by atoms with Crippen LogP contribution in [0.3, 0.4) is 0 Å². The minimum absolute atomic E-state index is 0.366. The van der Waals surface area contributed by atoms with Crippen LogP contribution in [0.25, 0.3) is 6.08 Å². The van der Waals surface area contributed by atoms with E-state index in [0.717, 1.165) is 44.4 Å². The van der Waals surface area contributed by atoms with E-state index in [4.69, 9.17) is 5.11 Å². The molecule has 1 aliphatic rings. The average molecular weight is 338 g/mol. The van der Waals surface area contributed by atoms with E-state index in [0.29, 0.717) is 11.7 Å². The van der Waals surface area contributed by atoms with Gasteiger partial charge in [-0.25, -0.2) is 9.78 Å². The summed E-state index contributed by atoms with van der Waals surface area (Å²) < 4.78 is 0. The van der Waals surface area contributed by atoms with Gasteiger partial charge in [-0.2, -0.15) is 0 Å². The first-order valence-electron chi connectivity index (χ1n) is 8.45. The van der Waals surface area contributed by atoms with Crippen LogP contribution in [0.2, 0.25) is 0 Å². The second kappa shape index (κ2) is 8.39. The quantitative estimate of drug-likeness (QED) is 0.754. The summed E-state index contributed by atoms with van der Waals surface area (Å²) in [4.78, 5) is 21.5. The molecule has 2 heterocycles. The number of aliphatic carboxylic acids is 1. The smallest absolute Gasteiger partial charge is 0.328 e. The van der Waals surface area contributed by atoms with Gasteiger partial charge >= 0.3 is 5.97 Å². The lowest BCUT2D eigenvalue weighted by atomic mass is 10.1. The molecule has 0 unspecified atom stereocenters. The van der Waals surface area contributed by atoms with Gasteiger partial charge in [0.2, 0.25) is 0 Å². The Kier molecular flexibility index (Phi) is 5.74. The summed E-state index contributed by atoms with van der Waals surface area (Å²) in [6.45, 7) is 3.14. The first kappa shape index (κ1) is 17.1. The zero-order chi connectivity index (χ0) is 17.5. The van der Waals surface area contributed by atoms with Crippen LogP contribution in [0.5, 0.6) is 0 Å². The Morgan fingerprint density at radius 1 is 1.28 bits per heavy atom. The first-order valence-corrected chi connectivity index (χ1v) is 8.45. The number of anilines is 1. The van der Waals surface area contributed by atoms with Crippen molar-refractivity contribution in [1.29, 1.82) is 0 Å². The lowest BCUT2D eigenvalue weighted by Crippen LogP contribution is -2.28. The maximum atomic E-state index is 10.5. The molecule has 0 aliphatic carbocycles. The molecule has 0 saturated carbocycles. The van der Waals surface area contributed by atoms with Gasteiger partial charge in [0.25, 0.3) is 0 Å². The van der Waals surface area contributed by atoms with Crippen molar-refractivity contribution in [3.8, 4) is 0 Å². The molecule has 1 atom stereocenters. The van der Waals surface area contributed by atoms with Crippen LogP contribution in [-0.4, -0.2) is 51.6 Å². The van der Waals surface area contributed by atoms with Gasteiger partial charge in [0.1, 0.15) is 5.82 Å². The van der Waals surface area contributed by atoms with E-state index in [-0.39, 0.29) is 0 Å². The maximum absolute atomic E-state index is 10.5. The molecule has 2 aromatic rings. The molecule has 1 aromatic carbocycles. The molecule has 1 aliphatic heterocycles. The van der Waals surface area contributed by atoms with Crippen molar-refractivity contribution >= 4 is 17.9 Å². The molecule has 1 fully saturated rings. The molecule has 0 radical (unpaired) electrons. The Morgan fingerprint density at radius 3 is 2.84 bits per heavy atom. The largest absolute Gasteiger partial charge is 0.478 e. The third-order valence-electron chi connectivity index (χ3n) is 4.25. The van der Waals surface area contributed by atoms with Crippen molar-refractivity contribution in [2.24, 2.45) is 0 Å². The minimum Gasteiger partial charge on any atom is -0.478 e. The van der Waals surface area contributed by atoms with Gasteiger partial charge in [0.15, 0.2) is 0 Å². The van der Waals surface area contributed by atoms with Gasteiger partial charge in [-0.1, -0.05) is 30.3 Å². The van der Waals surface area contributed by atoms with Crippen molar-refractivity contribution in [3.63, 3.8) is 0 Å². The summed E-state index contributed by atoms with van der Waals surface area (Å²) in [5.74, 6) is -0.270. The molecule has 1 saturated heterocycles. The number of benzene rings is 1. The number of hydrogen-bond donors (Lipinski definition) is 2. The van der Waals surface area contributed by atoms with E-state index in [1.54, 1.807) is 12.4 Å². The van der Waals surface area contributed by atoms with Crippen LogP contribution in [-0.2, 0) is 11.2 Å². The lowest BCUT2D eigenvalue weighted by Gasteiger charge is -2.17. The number of likely N-dealkylation sites (tertiary alicyclic amines) is 1. The summed E-state index contributed by atoms with van der Waals surface area (Å²) in [5, 5.41) is 12.0. The molecule has 0 spiro atoms. The fraction of sp³-hybridized carbons (Fsp3) is 0.316. The zero-order valence-electron chi connectivity index (χ0n) is 14.0.